The quantitative estimate of drug-likeness (QED) is 0.729. The molecule has 0 saturated carbocycles. The minimum atomic E-state index is 0.781. The van der Waals surface area contributed by atoms with Crippen LogP contribution in [-0.2, 0) is 0 Å². The van der Waals surface area contributed by atoms with E-state index in [0.717, 1.165) is 25.9 Å². The molecule has 0 aromatic carbocycles. The molecule has 0 aliphatic carbocycles. The van der Waals surface area contributed by atoms with Crippen LogP contribution in [0, 0.1) is 0 Å². The van der Waals surface area contributed by atoms with Crippen molar-refractivity contribution in [1.29, 1.82) is 0 Å². The van der Waals surface area contributed by atoms with E-state index in [0.29, 0.717) is 0 Å². The van der Waals surface area contributed by atoms with E-state index in [9.17, 15) is 0 Å². The molecule has 3 aromatic heterocycles. The Labute approximate surface area is 110 Å². The van der Waals surface area contributed by atoms with Gasteiger partial charge in [0.25, 0.3) is 0 Å². The monoisotopic (exact) mass is 309 g/mol. The molecule has 0 unspecified atom stereocenters. The number of pyridine rings is 1. The van der Waals surface area contributed by atoms with Crippen molar-refractivity contribution < 1.29 is 4.74 Å². The second-order valence-electron chi connectivity index (χ2n) is 3.42. The van der Waals surface area contributed by atoms with Crippen molar-refractivity contribution >= 4 is 32.9 Å². The summed E-state index contributed by atoms with van der Waals surface area (Å²) < 4.78 is 8.18. The zero-order valence-corrected chi connectivity index (χ0v) is 11.3. The molecule has 0 amide bonds. The maximum atomic E-state index is 5.16. The summed E-state index contributed by atoms with van der Waals surface area (Å²) in [5.41, 5.74) is 0.781. The summed E-state index contributed by atoms with van der Waals surface area (Å²) in [6, 6.07) is 7.78. The Morgan fingerprint density at radius 2 is 2.18 bits per heavy atom. The van der Waals surface area contributed by atoms with Crippen LogP contribution in [0.25, 0.3) is 16.3 Å². The Bertz CT molecular complexity index is 676. The smallest absolute Gasteiger partial charge is 0.178 e. The molecule has 0 atom stereocenters. The zero-order chi connectivity index (χ0) is 11.8. The van der Waals surface area contributed by atoms with Crippen LogP contribution in [0.2, 0.25) is 0 Å². The molecule has 86 valence electrons. The van der Waals surface area contributed by atoms with Gasteiger partial charge in [-0.15, -0.1) is 21.5 Å². The minimum Gasteiger partial charge on any atom is -0.497 e. The predicted octanol–water partition coefficient (Wildman–Crippen LogP) is 3.23. The van der Waals surface area contributed by atoms with Crippen LogP contribution in [0.3, 0.4) is 0 Å². The first-order valence-corrected chi connectivity index (χ1v) is 6.53. The van der Waals surface area contributed by atoms with Gasteiger partial charge in [0.1, 0.15) is 5.75 Å². The van der Waals surface area contributed by atoms with Crippen molar-refractivity contribution in [3.63, 3.8) is 0 Å². The van der Waals surface area contributed by atoms with Crippen molar-refractivity contribution in [2.24, 2.45) is 0 Å². The van der Waals surface area contributed by atoms with Gasteiger partial charge in [-0.3, -0.25) is 4.40 Å². The van der Waals surface area contributed by atoms with Gasteiger partial charge in [0.05, 0.1) is 15.8 Å². The van der Waals surface area contributed by atoms with Gasteiger partial charge >= 0.3 is 0 Å². The Morgan fingerprint density at radius 3 is 2.88 bits per heavy atom. The molecule has 3 heterocycles. The van der Waals surface area contributed by atoms with Gasteiger partial charge in [0.2, 0.25) is 0 Å². The van der Waals surface area contributed by atoms with E-state index in [2.05, 4.69) is 26.1 Å². The standard InChI is InChI=1S/C11H8BrN3OS/c1-16-7-4-5-15-10(6-7)13-14-11(15)8-2-3-9(12)17-8/h2-6H,1H3. The molecule has 0 aliphatic rings. The maximum Gasteiger partial charge on any atom is 0.178 e. The maximum absolute atomic E-state index is 5.16. The first kappa shape index (κ1) is 10.7. The molecule has 3 aromatic rings. The van der Waals surface area contributed by atoms with Crippen LogP contribution in [0.4, 0.5) is 0 Å². The third kappa shape index (κ3) is 1.83. The van der Waals surface area contributed by atoms with E-state index >= 15 is 0 Å². The fraction of sp³-hybridized carbons (Fsp3) is 0.0909. The van der Waals surface area contributed by atoms with E-state index < -0.39 is 0 Å². The lowest BCUT2D eigenvalue weighted by molar-refractivity contribution is 0.414. The Kier molecular flexibility index (Phi) is 2.60. The molecule has 4 nitrogen and oxygen atoms in total. The van der Waals surface area contributed by atoms with Crippen LogP contribution in [0.5, 0.6) is 5.75 Å². The van der Waals surface area contributed by atoms with Crippen molar-refractivity contribution in [3.8, 4) is 16.5 Å². The second kappa shape index (κ2) is 4.12. The summed E-state index contributed by atoms with van der Waals surface area (Å²) in [5.74, 6) is 1.63. The van der Waals surface area contributed by atoms with Crippen LogP contribution < -0.4 is 4.74 Å². The van der Waals surface area contributed by atoms with Gasteiger partial charge < -0.3 is 4.74 Å². The predicted molar refractivity (Wildman–Crippen MR) is 70.6 cm³/mol. The Morgan fingerprint density at radius 1 is 1.29 bits per heavy atom. The topological polar surface area (TPSA) is 39.4 Å². The average Bonchev–Trinajstić information content (AvgIpc) is 2.93. The summed E-state index contributed by atoms with van der Waals surface area (Å²) >= 11 is 5.08. The molecular formula is C11H8BrN3OS. The highest BCUT2D eigenvalue weighted by Gasteiger charge is 2.10. The fourth-order valence-corrected chi connectivity index (χ4v) is 2.97. The van der Waals surface area contributed by atoms with Gasteiger partial charge in [0.15, 0.2) is 11.5 Å². The number of thiophene rings is 1. The van der Waals surface area contributed by atoms with Crippen LogP contribution in [0.15, 0.2) is 34.2 Å². The van der Waals surface area contributed by atoms with Gasteiger partial charge in [-0.2, -0.15) is 0 Å². The highest BCUT2D eigenvalue weighted by atomic mass is 79.9. The largest absolute Gasteiger partial charge is 0.497 e. The molecule has 0 radical (unpaired) electrons. The summed E-state index contributed by atoms with van der Waals surface area (Å²) in [6.07, 6.45) is 1.91. The summed E-state index contributed by atoms with van der Waals surface area (Å²) in [5, 5.41) is 8.34. The summed E-state index contributed by atoms with van der Waals surface area (Å²) in [4.78, 5) is 1.08. The normalized spacial score (nSPS) is 10.9. The lowest BCUT2D eigenvalue weighted by Gasteiger charge is -2.00. The molecular weight excluding hydrogens is 302 g/mol. The molecule has 3 rings (SSSR count). The third-order valence-corrected chi connectivity index (χ3v) is 4.03. The number of nitrogens with zero attached hydrogens (tertiary/aromatic N) is 3. The number of ether oxygens (including phenoxy) is 1. The van der Waals surface area contributed by atoms with Gasteiger partial charge in [-0.25, -0.2) is 0 Å². The minimum absolute atomic E-state index is 0.781. The number of fused-ring (bicyclic) bond motifs is 1. The fourth-order valence-electron chi connectivity index (χ4n) is 1.60. The molecule has 0 N–H and O–H groups in total. The van der Waals surface area contributed by atoms with Crippen molar-refractivity contribution in [2.45, 2.75) is 0 Å². The van der Waals surface area contributed by atoms with E-state index in [1.54, 1.807) is 18.4 Å². The van der Waals surface area contributed by atoms with Gasteiger partial charge in [-0.1, -0.05) is 0 Å². The van der Waals surface area contributed by atoms with Crippen molar-refractivity contribution in [1.82, 2.24) is 14.6 Å². The zero-order valence-electron chi connectivity index (χ0n) is 8.92. The average molecular weight is 310 g/mol. The Balaban J connectivity index is 2.18. The summed E-state index contributed by atoms with van der Waals surface area (Å²) in [7, 11) is 1.64. The van der Waals surface area contributed by atoms with Crippen LogP contribution in [0.1, 0.15) is 0 Å². The third-order valence-electron chi connectivity index (χ3n) is 2.41. The van der Waals surface area contributed by atoms with E-state index in [4.69, 9.17) is 4.74 Å². The van der Waals surface area contributed by atoms with Crippen LogP contribution in [-0.4, -0.2) is 21.7 Å². The number of rotatable bonds is 2. The lowest BCUT2D eigenvalue weighted by Crippen LogP contribution is -1.89. The number of aromatic nitrogens is 3. The first-order valence-electron chi connectivity index (χ1n) is 4.92. The number of methoxy groups -OCH3 is 1. The lowest BCUT2D eigenvalue weighted by atomic mass is 10.4. The van der Waals surface area contributed by atoms with E-state index in [1.807, 2.05) is 34.9 Å². The highest BCUT2D eigenvalue weighted by molar-refractivity contribution is 9.11. The van der Waals surface area contributed by atoms with E-state index in [1.165, 1.54) is 0 Å². The summed E-state index contributed by atoms with van der Waals surface area (Å²) in [6.45, 7) is 0. The first-order chi connectivity index (χ1) is 8.28. The van der Waals surface area contributed by atoms with Crippen LogP contribution >= 0.6 is 27.3 Å². The number of hydrogen-bond donors (Lipinski definition) is 0. The van der Waals surface area contributed by atoms with Crippen molar-refractivity contribution in [3.05, 3.63) is 34.2 Å². The van der Waals surface area contributed by atoms with Crippen molar-refractivity contribution in [2.75, 3.05) is 7.11 Å². The SMILES string of the molecule is COc1ccn2c(-c3ccc(Br)s3)nnc2c1. The second-order valence-corrected chi connectivity index (χ2v) is 5.89. The molecule has 0 spiro atoms. The van der Waals surface area contributed by atoms with Gasteiger partial charge in [-0.05, 0) is 34.1 Å². The number of halogens is 1. The van der Waals surface area contributed by atoms with E-state index in [-0.39, 0.29) is 0 Å². The van der Waals surface area contributed by atoms with Gasteiger partial charge in [0, 0.05) is 12.3 Å². The molecule has 17 heavy (non-hydrogen) atoms. The molecule has 0 aliphatic heterocycles. The molecule has 6 heteroatoms. The number of hydrogen-bond acceptors (Lipinski definition) is 4. The highest BCUT2D eigenvalue weighted by Crippen LogP contribution is 2.30. The molecule has 0 bridgehead atoms. The molecule has 0 saturated heterocycles. The molecule has 0 fully saturated rings. The Hall–Kier alpha value is -1.40.